The zero-order valence-corrected chi connectivity index (χ0v) is 23.0. The van der Waals surface area contributed by atoms with Gasteiger partial charge >= 0.3 is 6.09 Å². The van der Waals surface area contributed by atoms with Crippen molar-refractivity contribution in [3.8, 4) is 0 Å². The Bertz CT molecular complexity index is 1210. The van der Waals surface area contributed by atoms with E-state index in [0.717, 1.165) is 9.09 Å². The van der Waals surface area contributed by atoms with Crippen molar-refractivity contribution in [3.05, 3.63) is 19.9 Å². The van der Waals surface area contributed by atoms with Crippen molar-refractivity contribution in [1.29, 1.82) is 0 Å². The van der Waals surface area contributed by atoms with Gasteiger partial charge in [-0.3, -0.25) is 0 Å². The van der Waals surface area contributed by atoms with Gasteiger partial charge in [-0.25, -0.2) is 18.9 Å². The van der Waals surface area contributed by atoms with Crippen LogP contribution in [0.25, 0.3) is 21.9 Å². The van der Waals surface area contributed by atoms with Gasteiger partial charge in [-0.1, -0.05) is 5.21 Å². The van der Waals surface area contributed by atoms with Crippen molar-refractivity contribution in [2.45, 2.75) is 63.2 Å². The lowest BCUT2D eigenvalue weighted by Gasteiger charge is -2.38. The van der Waals surface area contributed by atoms with E-state index >= 15 is 4.39 Å². The van der Waals surface area contributed by atoms with Crippen molar-refractivity contribution in [3.63, 3.8) is 0 Å². The average Bonchev–Trinajstić information content (AvgIpc) is 3.16. The first-order valence-electron chi connectivity index (χ1n) is 10.3. The Morgan fingerprint density at radius 2 is 2.09 bits per heavy atom. The molecule has 0 radical (unpaired) electrons. The highest BCUT2D eigenvalue weighted by Crippen LogP contribution is 2.38. The molecular weight excluding hydrogens is 612 g/mol. The van der Waals surface area contributed by atoms with Crippen molar-refractivity contribution in [2.75, 3.05) is 12.8 Å². The van der Waals surface area contributed by atoms with Gasteiger partial charge in [0.05, 0.1) is 10.5 Å². The zero-order valence-electron chi connectivity index (χ0n) is 18.4. The number of piperidine rings is 1. The van der Waals surface area contributed by atoms with Gasteiger partial charge in [-0.05, 0) is 91.4 Å². The van der Waals surface area contributed by atoms with E-state index in [1.165, 1.54) is 11.8 Å². The molecule has 0 aliphatic carbocycles. The summed E-state index contributed by atoms with van der Waals surface area (Å²) in [4.78, 5) is 18.9. The van der Waals surface area contributed by atoms with Crippen LogP contribution in [0, 0.1) is 9.39 Å². The smallest absolute Gasteiger partial charge is 0.410 e. The van der Waals surface area contributed by atoms with Crippen LogP contribution < -0.4 is 0 Å². The molecule has 0 saturated carbocycles. The second kappa shape index (κ2) is 8.86. The Balaban J connectivity index is 1.75. The van der Waals surface area contributed by atoms with Crippen LogP contribution in [0.15, 0.2) is 15.6 Å². The van der Waals surface area contributed by atoms with Crippen LogP contribution in [0.1, 0.15) is 46.6 Å². The molecule has 3 heterocycles. The van der Waals surface area contributed by atoms with E-state index in [0.29, 0.717) is 45.3 Å². The van der Waals surface area contributed by atoms with Crippen LogP contribution in [-0.2, 0) is 4.74 Å². The van der Waals surface area contributed by atoms with Crippen LogP contribution in [0.2, 0.25) is 0 Å². The minimum absolute atomic E-state index is 0.0259. The number of pyridine rings is 1. The first-order chi connectivity index (χ1) is 15.0. The third kappa shape index (κ3) is 4.31. The Hall–Kier alpha value is -1.21. The number of carbonyl (C=O) groups excluding carboxylic acids is 1. The number of nitrogens with zero attached hydrogens (tertiary/aromatic N) is 5. The Labute approximate surface area is 212 Å². The predicted octanol–water partition coefficient (Wildman–Crippen LogP) is 6.17. The molecule has 0 N–H and O–H groups in total. The van der Waals surface area contributed by atoms with Gasteiger partial charge < -0.3 is 9.64 Å². The molecule has 32 heavy (non-hydrogen) atoms. The number of aromatic nitrogens is 4. The highest BCUT2D eigenvalue weighted by atomic mass is 127. The van der Waals surface area contributed by atoms with Crippen LogP contribution in [-0.4, -0.2) is 55.4 Å². The van der Waals surface area contributed by atoms with E-state index in [9.17, 15) is 4.79 Å². The molecule has 0 unspecified atom stereocenters. The number of halogens is 3. The molecule has 1 aromatic carbocycles. The summed E-state index contributed by atoms with van der Waals surface area (Å²) >= 11 is 6.86. The molecule has 1 aliphatic heterocycles. The van der Waals surface area contributed by atoms with Crippen LogP contribution >= 0.6 is 50.3 Å². The lowest BCUT2D eigenvalue weighted by Crippen LogP contribution is -2.47. The molecule has 1 amide bonds. The molecule has 172 valence electrons. The number of thioether (sulfide) groups is 1. The van der Waals surface area contributed by atoms with Crippen molar-refractivity contribution >= 4 is 78.3 Å². The van der Waals surface area contributed by atoms with Gasteiger partial charge in [0.1, 0.15) is 27.2 Å². The van der Waals surface area contributed by atoms with Crippen molar-refractivity contribution in [1.82, 2.24) is 24.9 Å². The van der Waals surface area contributed by atoms with E-state index in [1.807, 2.05) is 44.7 Å². The summed E-state index contributed by atoms with van der Waals surface area (Å²) in [5.74, 6) is -0.384. The van der Waals surface area contributed by atoms with Crippen LogP contribution in [0.5, 0.6) is 0 Å². The SMILES string of the molecule is CSc1nc2c(F)c(Br)c(I)cc2c2c1nnn2[C@H]1CCN(C(=O)OC(C)(C)C)[C@H](C)C1. The quantitative estimate of drug-likeness (QED) is 0.191. The maximum Gasteiger partial charge on any atom is 0.410 e. The molecule has 0 spiro atoms. The average molecular weight is 636 g/mol. The number of carbonyl (C=O) groups is 1. The fraction of sp³-hybridized carbons (Fsp3) is 0.524. The minimum Gasteiger partial charge on any atom is -0.444 e. The fourth-order valence-corrected chi connectivity index (χ4v) is 5.44. The summed E-state index contributed by atoms with van der Waals surface area (Å²) in [5.41, 5.74) is 1.22. The predicted molar refractivity (Wildman–Crippen MR) is 136 cm³/mol. The molecule has 1 fully saturated rings. The minimum atomic E-state index is -0.536. The molecule has 2 atom stereocenters. The number of hydrogen-bond donors (Lipinski definition) is 0. The number of likely N-dealkylation sites (tertiary alicyclic amines) is 1. The molecule has 1 saturated heterocycles. The van der Waals surface area contributed by atoms with Gasteiger partial charge in [0.2, 0.25) is 0 Å². The fourth-order valence-electron chi connectivity index (χ4n) is 4.08. The summed E-state index contributed by atoms with van der Waals surface area (Å²) in [6, 6.07) is 1.92. The van der Waals surface area contributed by atoms with Crippen molar-refractivity contribution < 1.29 is 13.9 Å². The Kier molecular flexibility index (Phi) is 6.63. The summed E-state index contributed by atoms with van der Waals surface area (Å²) in [6.45, 7) is 8.17. The molecular formula is C21H24BrFIN5O2S. The third-order valence-electron chi connectivity index (χ3n) is 5.52. The molecule has 3 aromatic rings. The van der Waals surface area contributed by atoms with Gasteiger partial charge in [-0.2, -0.15) is 0 Å². The lowest BCUT2D eigenvalue weighted by molar-refractivity contribution is 0.00744. The zero-order chi connectivity index (χ0) is 23.4. The lowest BCUT2D eigenvalue weighted by atomic mass is 9.98. The maximum absolute atomic E-state index is 15.1. The third-order valence-corrected chi connectivity index (χ3v) is 8.56. The number of rotatable bonds is 2. The molecule has 0 bridgehead atoms. The van der Waals surface area contributed by atoms with Crippen LogP contribution in [0.3, 0.4) is 0 Å². The normalized spacial score (nSPS) is 19.7. The second-order valence-electron chi connectivity index (χ2n) is 8.94. The van der Waals surface area contributed by atoms with Gasteiger partial charge in [0.15, 0.2) is 5.82 Å². The summed E-state index contributed by atoms with van der Waals surface area (Å²) in [5, 5.41) is 10.2. The second-order valence-corrected chi connectivity index (χ2v) is 11.7. The topological polar surface area (TPSA) is 73.1 Å². The van der Waals surface area contributed by atoms with E-state index in [1.54, 1.807) is 4.90 Å². The van der Waals surface area contributed by atoms with Gasteiger partial charge in [-0.15, -0.1) is 16.9 Å². The number of amides is 1. The van der Waals surface area contributed by atoms with Gasteiger partial charge in [0.25, 0.3) is 0 Å². The largest absolute Gasteiger partial charge is 0.444 e. The van der Waals surface area contributed by atoms with Crippen molar-refractivity contribution in [2.24, 2.45) is 0 Å². The maximum atomic E-state index is 15.1. The molecule has 2 aromatic heterocycles. The van der Waals surface area contributed by atoms with E-state index < -0.39 is 5.60 Å². The first kappa shape index (κ1) is 23.9. The molecule has 1 aliphatic rings. The summed E-state index contributed by atoms with van der Waals surface area (Å²) < 4.78 is 23.7. The summed E-state index contributed by atoms with van der Waals surface area (Å²) in [6.07, 6.45) is 3.00. The molecule has 11 heteroatoms. The molecule has 4 rings (SSSR count). The van der Waals surface area contributed by atoms with Crippen LogP contribution in [0.4, 0.5) is 9.18 Å². The highest BCUT2D eigenvalue weighted by Gasteiger charge is 2.34. The van der Waals surface area contributed by atoms with Gasteiger partial charge in [0, 0.05) is 21.5 Å². The summed E-state index contributed by atoms with van der Waals surface area (Å²) in [7, 11) is 0. The number of benzene rings is 1. The van der Waals surface area contributed by atoms with E-state index in [-0.39, 0.29) is 24.0 Å². The number of ether oxygens (including phenoxy) is 1. The highest BCUT2D eigenvalue weighted by molar-refractivity contribution is 14.1. The first-order valence-corrected chi connectivity index (χ1v) is 13.4. The molecule has 7 nitrogen and oxygen atoms in total. The monoisotopic (exact) mass is 635 g/mol. The Morgan fingerprint density at radius 1 is 1.38 bits per heavy atom. The standard InChI is InChI=1S/C21H24BrFIN5O2S/c1-10-8-11(6-7-28(10)20(30)31-21(2,3)4)29-18-12-9-13(24)14(22)15(23)16(12)25-19(32-5)17(18)26-27-29/h9-11H,6-8H2,1-5H3/t10-,11+/m1/s1. The number of fused-ring (bicyclic) bond motifs is 3. The van der Waals surface area contributed by atoms with E-state index in [4.69, 9.17) is 4.74 Å². The number of hydrogen-bond acceptors (Lipinski definition) is 6. The van der Waals surface area contributed by atoms with E-state index in [2.05, 4.69) is 53.8 Å². The Morgan fingerprint density at radius 3 is 2.72 bits per heavy atom.